The van der Waals surface area contributed by atoms with Gasteiger partial charge < -0.3 is 57.5 Å². The summed E-state index contributed by atoms with van der Waals surface area (Å²) < 4.78 is 56.9. The van der Waals surface area contributed by atoms with Gasteiger partial charge in [0.15, 0.2) is 0 Å². The van der Waals surface area contributed by atoms with Gasteiger partial charge in [0.25, 0.3) is 0 Å². The Kier molecular flexibility index (Phi) is 20.9. The molecule has 0 bridgehead atoms. The molecule has 2 unspecified atom stereocenters. The molecule has 0 aromatic heterocycles. The molecular formula is C51H91B3N2O14. The SMILES string of the molecule is CC1(C)OB(B2OC(C)(C)C(C)(C)O2)OC1(C)C.CCOC(=O)[C@H](CC1CC=C(B2OC(C)(C)C(C)(C)O2)CC1)NC(=O)OC(C)(C)C.CCOC(=O)[C@H](CC1CC=C(C)CC1)NC(=O)OC(C)(C)C. The maximum absolute atomic E-state index is 12.4. The van der Waals surface area contributed by atoms with Crippen molar-refractivity contribution >= 4 is 45.3 Å². The molecule has 0 aromatic rings. The first-order chi connectivity index (χ1) is 31.8. The Morgan fingerprint density at radius 2 is 0.900 bits per heavy atom. The van der Waals surface area contributed by atoms with Crippen LogP contribution in [-0.2, 0) is 56.5 Å². The smallest absolute Gasteiger partial charge is 0.464 e. The number of amides is 2. The van der Waals surface area contributed by atoms with E-state index in [0.29, 0.717) is 25.4 Å². The van der Waals surface area contributed by atoms with Gasteiger partial charge in [-0.1, -0.05) is 17.7 Å². The third kappa shape index (κ3) is 17.8. The number of carbonyl (C=O) groups is 4. The molecule has 398 valence electrons. The van der Waals surface area contributed by atoms with Crippen molar-refractivity contribution in [3.63, 3.8) is 0 Å². The minimum absolute atomic E-state index is 0.250. The van der Waals surface area contributed by atoms with Crippen LogP contribution in [0.2, 0.25) is 0 Å². The summed E-state index contributed by atoms with van der Waals surface area (Å²) in [4.78, 5) is 48.6. The highest BCUT2D eigenvalue weighted by Gasteiger charge is 2.64. The van der Waals surface area contributed by atoms with Gasteiger partial charge >= 0.3 is 45.3 Å². The van der Waals surface area contributed by atoms with Crippen molar-refractivity contribution in [2.45, 2.75) is 254 Å². The van der Waals surface area contributed by atoms with Crippen LogP contribution in [0.25, 0.3) is 0 Å². The fourth-order valence-electron chi connectivity index (χ4n) is 8.04. The highest BCUT2D eigenvalue weighted by atomic mass is 16.7. The van der Waals surface area contributed by atoms with Gasteiger partial charge in [0.1, 0.15) is 23.3 Å². The number of hydrogen-bond donors (Lipinski definition) is 2. The predicted molar refractivity (Wildman–Crippen MR) is 274 cm³/mol. The molecule has 0 aromatic carbocycles. The molecule has 16 nitrogen and oxygen atoms in total. The Labute approximate surface area is 422 Å². The number of ether oxygens (including phenoxy) is 4. The summed E-state index contributed by atoms with van der Waals surface area (Å²) in [6.45, 7) is 41.3. The van der Waals surface area contributed by atoms with E-state index in [0.717, 1.165) is 44.0 Å². The second kappa shape index (κ2) is 23.9. The van der Waals surface area contributed by atoms with Gasteiger partial charge in [0.05, 0.1) is 46.8 Å². The highest BCUT2D eigenvalue weighted by Crippen LogP contribution is 2.44. The zero-order chi connectivity index (χ0) is 53.5. The summed E-state index contributed by atoms with van der Waals surface area (Å²) >= 11 is 0. The number of allylic oxidation sites excluding steroid dienone is 4. The molecule has 3 aliphatic heterocycles. The average Bonchev–Trinajstić information content (AvgIpc) is 3.67. The van der Waals surface area contributed by atoms with E-state index in [-0.39, 0.29) is 59.2 Å². The maximum atomic E-state index is 12.4. The number of alkyl carbamates (subject to hydrolysis) is 2. The van der Waals surface area contributed by atoms with Crippen molar-refractivity contribution in [2.24, 2.45) is 11.8 Å². The lowest BCUT2D eigenvalue weighted by atomic mass is 9.49. The first-order valence-corrected chi connectivity index (χ1v) is 25.6. The molecule has 70 heavy (non-hydrogen) atoms. The lowest BCUT2D eigenvalue weighted by Crippen LogP contribution is -2.45. The third-order valence-corrected chi connectivity index (χ3v) is 14.3. The van der Waals surface area contributed by atoms with Gasteiger partial charge in [-0.05, 0) is 214 Å². The molecule has 0 saturated carbocycles. The van der Waals surface area contributed by atoms with Crippen molar-refractivity contribution in [3.8, 4) is 0 Å². The predicted octanol–water partition coefficient (Wildman–Crippen LogP) is 10.0. The van der Waals surface area contributed by atoms with Crippen LogP contribution in [0.4, 0.5) is 9.59 Å². The monoisotopic (exact) mass is 989 g/mol. The van der Waals surface area contributed by atoms with E-state index in [1.165, 1.54) is 5.57 Å². The minimum Gasteiger partial charge on any atom is -0.464 e. The van der Waals surface area contributed by atoms with Crippen LogP contribution in [0.5, 0.6) is 0 Å². The van der Waals surface area contributed by atoms with Crippen molar-refractivity contribution < 1.29 is 66.1 Å². The molecule has 19 heteroatoms. The summed E-state index contributed by atoms with van der Waals surface area (Å²) in [6, 6.07) is -1.37. The molecule has 2 aliphatic carbocycles. The Morgan fingerprint density at radius 3 is 1.19 bits per heavy atom. The standard InChI is InChI=1S/C22H38BNO6.C17H29NO4.C12H24B2O4/c1-9-27-18(25)17(24-19(26)28-20(2,3)4)14-15-10-12-16(13-11-15)23-29-21(5,6)22(7,8)30-23;1-6-21-15(19)14(18-16(20)22-17(3,4)5)11-13-9-7-12(2)8-10-13;1-9(2)10(3,4)16-13(15-9)14-17-11(5,6)12(7,8)18-14/h12,15,17H,9-11,13-14H2,1-8H3,(H,24,26);7,13-14H,6,8-11H2,1-5H3,(H,18,20);1-8H3/t15?,17-;13?,14-;/m00./s1. The zero-order valence-electron chi connectivity index (χ0n) is 47.0. The lowest BCUT2D eigenvalue weighted by Gasteiger charge is -2.32. The maximum Gasteiger partial charge on any atom is 0.490 e. The number of esters is 2. The van der Waals surface area contributed by atoms with E-state index in [4.69, 9.17) is 46.9 Å². The van der Waals surface area contributed by atoms with Crippen LogP contribution in [-0.4, -0.2) is 115 Å². The molecule has 4 atom stereocenters. The molecule has 5 aliphatic rings. The normalized spacial score (nSPS) is 24.8. The van der Waals surface area contributed by atoms with Crippen LogP contribution >= 0.6 is 0 Å². The fraction of sp³-hybridized carbons (Fsp3) is 0.843. The van der Waals surface area contributed by atoms with E-state index < -0.39 is 55.5 Å². The third-order valence-electron chi connectivity index (χ3n) is 14.3. The number of nitrogens with one attached hydrogen (secondary N) is 2. The van der Waals surface area contributed by atoms with E-state index in [1.807, 2.05) is 83.1 Å². The summed E-state index contributed by atoms with van der Waals surface area (Å²) in [7, 11) is -1.27. The molecule has 3 heterocycles. The van der Waals surface area contributed by atoms with Gasteiger partial charge in [-0.15, -0.1) is 0 Å². The first kappa shape index (κ1) is 61.2. The highest BCUT2D eigenvalue weighted by molar-refractivity contribution is 7.11. The van der Waals surface area contributed by atoms with Crippen molar-refractivity contribution in [1.82, 2.24) is 10.6 Å². The number of carbonyl (C=O) groups excluding carboxylic acids is 4. The Morgan fingerprint density at radius 1 is 0.571 bits per heavy atom. The lowest BCUT2D eigenvalue weighted by molar-refractivity contribution is -0.147. The van der Waals surface area contributed by atoms with Gasteiger partial charge in [0.2, 0.25) is 0 Å². The molecule has 2 N–H and O–H groups in total. The molecule has 0 radical (unpaired) electrons. The van der Waals surface area contributed by atoms with Crippen LogP contribution in [0.15, 0.2) is 23.2 Å². The largest absolute Gasteiger partial charge is 0.490 e. The van der Waals surface area contributed by atoms with Gasteiger partial charge in [-0.3, -0.25) is 0 Å². The summed E-state index contributed by atoms with van der Waals surface area (Å²) in [5, 5.41) is 5.35. The Hall–Kier alpha value is -3.09. The van der Waals surface area contributed by atoms with Gasteiger partial charge in [-0.2, -0.15) is 0 Å². The van der Waals surface area contributed by atoms with Crippen LogP contribution in [0.1, 0.15) is 197 Å². The average molecular weight is 989 g/mol. The van der Waals surface area contributed by atoms with E-state index >= 15 is 0 Å². The second-order valence-electron chi connectivity index (χ2n) is 24.3. The quantitative estimate of drug-likeness (QED) is 0.0815. The summed E-state index contributed by atoms with van der Waals surface area (Å²) in [5.74, 6) is -0.183. The number of hydrogen-bond acceptors (Lipinski definition) is 14. The summed E-state index contributed by atoms with van der Waals surface area (Å²) in [6.07, 6.45) is 9.83. The van der Waals surface area contributed by atoms with Gasteiger partial charge in [-0.25, -0.2) is 19.2 Å². The van der Waals surface area contributed by atoms with Crippen molar-refractivity contribution in [2.75, 3.05) is 13.2 Å². The zero-order valence-corrected chi connectivity index (χ0v) is 47.0. The molecule has 0 spiro atoms. The number of rotatable bonds is 12. The molecule has 5 rings (SSSR count). The summed E-state index contributed by atoms with van der Waals surface area (Å²) in [5.41, 5.74) is -0.835. The topological polar surface area (TPSA) is 185 Å². The van der Waals surface area contributed by atoms with Crippen molar-refractivity contribution in [1.29, 1.82) is 0 Å². The van der Waals surface area contributed by atoms with Crippen LogP contribution in [0, 0.1) is 11.8 Å². The van der Waals surface area contributed by atoms with Crippen LogP contribution in [0.3, 0.4) is 0 Å². The fourth-order valence-corrected chi connectivity index (χ4v) is 8.04. The van der Waals surface area contributed by atoms with Gasteiger partial charge in [0, 0.05) is 0 Å². The Bertz CT molecular complexity index is 1770. The van der Waals surface area contributed by atoms with E-state index in [1.54, 1.807) is 55.4 Å². The first-order valence-electron chi connectivity index (χ1n) is 25.6. The Balaban J connectivity index is 0.000000288. The van der Waals surface area contributed by atoms with E-state index in [2.05, 4.69) is 29.7 Å². The molecule has 3 saturated heterocycles. The molecule has 3 fully saturated rings. The second-order valence-corrected chi connectivity index (χ2v) is 24.3. The van der Waals surface area contributed by atoms with E-state index in [9.17, 15) is 19.2 Å². The van der Waals surface area contributed by atoms with Crippen molar-refractivity contribution in [3.05, 3.63) is 23.2 Å². The van der Waals surface area contributed by atoms with Crippen LogP contribution < -0.4 is 10.6 Å². The molecule has 2 amide bonds. The minimum atomic E-state index is -0.725. The molecular weight excluding hydrogens is 897 g/mol.